The lowest BCUT2D eigenvalue weighted by molar-refractivity contribution is -0.133. The van der Waals surface area contributed by atoms with Gasteiger partial charge in [0.25, 0.3) is 11.8 Å². The Morgan fingerprint density at radius 2 is 1.59 bits per heavy atom. The summed E-state index contributed by atoms with van der Waals surface area (Å²) in [7, 11) is 0. The summed E-state index contributed by atoms with van der Waals surface area (Å²) in [5, 5.41) is 20.4. The summed E-state index contributed by atoms with van der Waals surface area (Å²) < 4.78 is 26.0. The molecular formula is C19H16F2N2O4. The maximum atomic E-state index is 13.1. The Kier molecular flexibility index (Phi) is 6.60. The van der Waals surface area contributed by atoms with Crippen LogP contribution in [0, 0.1) is 23.5 Å². The van der Waals surface area contributed by atoms with Gasteiger partial charge in [-0.2, -0.15) is 0 Å². The van der Waals surface area contributed by atoms with Gasteiger partial charge in [-0.3, -0.25) is 14.8 Å². The minimum atomic E-state index is -1.32. The zero-order valence-electron chi connectivity index (χ0n) is 14.2. The number of nitrogens with one attached hydrogen (secondary N) is 2. The van der Waals surface area contributed by atoms with E-state index in [1.54, 1.807) is 0 Å². The topological polar surface area (TPSA) is 98.7 Å². The lowest BCUT2D eigenvalue weighted by Crippen LogP contribution is -2.51. The zero-order chi connectivity index (χ0) is 20.0. The molecule has 6 nitrogen and oxygen atoms in total. The Morgan fingerprint density at radius 1 is 1.00 bits per heavy atom. The third-order valence-corrected chi connectivity index (χ3v) is 3.58. The summed E-state index contributed by atoms with van der Waals surface area (Å²) in [6.07, 6.45) is -1.22. The fourth-order valence-corrected chi connectivity index (χ4v) is 2.12. The largest absolute Gasteiger partial charge is 0.391 e. The first-order valence-electron chi connectivity index (χ1n) is 7.82. The normalized spacial score (nSPS) is 12.3. The van der Waals surface area contributed by atoms with E-state index in [0.29, 0.717) is 11.1 Å². The monoisotopic (exact) mass is 374 g/mol. The molecule has 0 aromatic heterocycles. The van der Waals surface area contributed by atoms with Gasteiger partial charge in [-0.1, -0.05) is 11.8 Å². The minimum Gasteiger partial charge on any atom is -0.391 e. The fraction of sp³-hybridized carbons (Fsp3) is 0.158. The molecule has 0 aliphatic carbocycles. The molecule has 0 heterocycles. The summed E-state index contributed by atoms with van der Waals surface area (Å²) in [5.41, 5.74) is 2.39. The van der Waals surface area contributed by atoms with E-state index in [9.17, 15) is 23.5 Å². The van der Waals surface area contributed by atoms with Crippen molar-refractivity contribution in [3.63, 3.8) is 0 Å². The highest BCUT2D eigenvalue weighted by Gasteiger charge is 2.25. The van der Waals surface area contributed by atoms with Gasteiger partial charge in [0, 0.05) is 16.7 Å². The molecule has 0 radical (unpaired) electrons. The van der Waals surface area contributed by atoms with E-state index in [1.165, 1.54) is 42.7 Å². The fourth-order valence-electron chi connectivity index (χ4n) is 2.12. The lowest BCUT2D eigenvalue weighted by Gasteiger charge is -2.19. The van der Waals surface area contributed by atoms with E-state index >= 15 is 0 Å². The Morgan fingerprint density at radius 3 is 2.15 bits per heavy atom. The second kappa shape index (κ2) is 8.89. The first-order valence-corrected chi connectivity index (χ1v) is 7.82. The quantitative estimate of drug-likeness (QED) is 0.369. The molecule has 2 aromatic carbocycles. The average molecular weight is 374 g/mol. The van der Waals surface area contributed by atoms with Gasteiger partial charge in [-0.15, -0.1) is 0 Å². The predicted octanol–water partition coefficient (Wildman–Crippen LogP) is 1.35. The van der Waals surface area contributed by atoms with Gasteiger partial charge in [0.05, 0.1) is 6.10 Å². The molecule has 2 rings (SSSR count). The molecule has 140 valence electrons. The van der Waals surface area contributed by atoms with Crippen LogP contribution >= 0.6 is 0 Å². The molecule has 8 heteroatoms. The van der Waals surface area contributed by atoms with Crippen molar-refractivity contribution < 1.29 is 28.7 Å². The molecule has 0 spiro atoms. The van der Waals surface area contributed by atoms with Crippen LogP contribution in [0.15, 0.2) is 42.5 Å². The standard InChI is InChI=1S/C19H16F2N2O4/c1-11(24)17(19(26)23-27)22-18(25)14-7-4-12(5-8-14)2-3-13-6-9-15(20)16(21)10-13/h4-11,17,24,27H,1H3,(H,22,25)(H,23,26). The predicted molar refractivity (Wildman–Crippen MR) is 91.6 cm³/mol. The highest BCUT2D eigenvalue weighted by Crippen LogP contribution is 2.09. The summed E-state index contributed by atoms with van der Waals surface area (Å²) in [6, 6.07) is 7.93. The number of halogens is 2. The number of aliphatic hydroxyl groups excluding tert-OH is 1. The molecule has 0 fully saturated rings. The molecule has 4 N–H and O–H groups in total. The molecule has 0 saturated heterocycles. The van der Waals surface area contributed by atoms with E-state index in [1.807, 2.05) is 0 Å². The van der Waals surface area contributed by atoms with Crippen molar-refractivity contribution in [2.45, 2.75) is 19.1 Å². The van der Waals surface area contributed by atoms with Crippen LogP contribution in [-0.2, 0) is 4.79 Å². The number of hydrogen-bond acceptors (Lipinski definition) is 4. The van der Waals surface area contributed by atoms with Gasteiger partial charge in [0.15, 0.2) is 11.6 Å². The van der Waals surface area contributed by atoms with Crippen molar-refractivity contribution in [1.82, 2.24) is 10.8 Å². The van der Waals surface area contributed by atoms with E-state index in [2.05, 4.69) is 17.2 Å². The lowest BCUT2D eigenvalue weighted by atomic mass is 10.1. The average Bonchev–Trinajstić information content (AvgIpc) is 2.66. The molecule has 2 unspecified atom stereocenters. The summed E-state index contributed by atoms with van der Waals surface area (Å²) >= 11 is 0. The highest BCUT2D eigenvalue weighted by molar-refractivity contribution is 5.97. The van der Waals surface area contributed by atoms with Gasteiger partial charge in [-0.05, 0) is 49.4 Å². The van der Waals surface area contributed by atoms with Crippen LogP contribution in [0.2, 0.25) is 0 Å². The first kappa shape index (κ1) is 20.0. The zero-order valence-corrected chi connectivity index (χ0v) is 14.2. The van der Waals surface area contributed by atoms with Crippen molar-refractivity contribution in [2.24, 2.45) is 0 Å². The first-order chi connectivity index (χ1) is 12.8. The van der Waals surface area contributed by atoms with Crippen LogP contribution < -0.4 is 10.8 Å². The van der Waals surface area contributed by atoms with Crippen molar-refractivity contribution in [3.05, 3.63) is 70.8 Å². The molecule has 0 aliphatic rings. The van der Waals surface area contributed by atoms with E-state index in [4.69, 9.17) is 5.21 Å². The van der Waals surface area contributed by atoms with Crippen molar-refractivity contribution in [1.29, 1.82) is 0 Å². The SMILES string of the molecule is CC(O)C(NC(=O)c1ccc(C#Cc2ccc(F)c(F)c2)cc1)C(=O)NO. The Bertz CT molecular complexity index is 902. The number of carbonyl (C=O) groups excluding carboxylic acids is 2. The second-order valence-corrected chi connectivity index (χ2v) is 5.62. The van der Waals surface area contributed by atoms with Crippen LogP contribution in [0.5, 0.6) is 0 Å². The van der Waals surface area contributed by atoms with Crippen molar-refractivity contribution in [3.8, 4) is 11.8 Å². The molecule has 0 bridgehead atoms. The Balaban J connectivity index is 2.10. The van der Waals surface area contributed by atoms with Gasteiger partial charge in [0.1, 0.15) is 6.04 Å². The van der Waals surface area contributed by atoms with Gasteiger partial charge in [-0.25, -0.2) is 14.3 Å². The van der Waals surface area contributed by atoms with Gasteiger partial charge < -0.3 is 10.4 Å². The number of hydrogen-bond donors (Lipinski definition) is 4. The van der Waals surface area contributed by atoms with Crippen LogP contribution in [0.3, 0.4) is 0 Å². The minimum absolute atomic E-state index is 0.199. The van der Waals surface area contributed by atoms with Gasteiger partial charge in [0.2, 0.25) is 0 Å². The maximum Gasteiger partial charge on any atom is 0.268 e. The van der Waals surface area contributed by atoms with Crippen LogP contribution in [0.25, 0.3) is 0 Å². The Hall–Kier alpha value is -3.28. The molecule has 2 atom stereocenters. The Labute approximate surface area is 153 Å². The van der Waals surface area contributed by atoms with Crippen molar-refractivity contribution in [2.75, 3.05) is 0 Å². The van der Waals surface area contributed by atoms with Crippen LogP contribution in [-0.4, -0.2) is 34.3 Å². The number of rotatable bonds is 4. The molecule has 2 aromatic rings. The summed E-state index contributed by atoms with van der Waals surface area (Å²) in [5.74, 6) is 1.89. The van der Waals surface area contributed by atoms with Crippen LogP contribution in [0.4, 0.5) is 8.78 Å². The highest BCUT2D eigenvalue weighted by atomic mass is 19.2. The number of hydroxylamine groups is 1. The molecule has 27 heavy (non-hydrogen) atoms. The molecular weight excluding hydrogens is 358 g/mol. The third-order valence-electron chi connectivity index (χ3n) is 3.58. The summed E-state index contributed by atoms with van der Waals surface area (Å²) in [6.45, 7) is 1.29. The van der Waals surface area contributed by atoms with E-state index in [0.717, 1.165) is 12.1 Å². The number of benzene rings is 2. The number of amides is 2. The molecule has 0 aliphatic heterocycles. The number of aliphatic hydroxyl groups is 1. The molecule has 2 amide bonds. The van der Waals surface area contributed by atoms with Crippen LogP contribution in [0.1, 0.15) is 28.4 Å². The van der Waals surface area contributed by atoms with E-state index in [-0.39, 0.29) is 5.56 Å². The second-order valence-electron chi connectivity index (χ2n) is 5.62. The summed E-state index contributed by atoms with van der Waals surface area (Å²) in [4.78, 5) is 23.6. The third kappa shape index (κ3) is 5.34. The molecule has 0 saturated carbocycles. The van der Waals surface area contributed by atoms with E-state index < -0.39 is 35.6 Å². The number of carbonyl (C=O) groups is 2. The van der Waals surface area contributed by atoms with Gasteiger partial charge >= 0.3 is 0 Å². The smallest absolute Gasteiger partial charge is 0.268 e. The van der Waals surface area contributed by atoms with Crippen molar-refractivity contribution >= 4 is 11.8 Å². The maximum absolute atomic E-state index is 13.1.